The van der Waals surface area contributed by atoms with Crippen molar-refractivity contribution in [1.82, 2.24) is 9.88 Å². The summed E-state index contributed by atoms with van der Waals surface area (Å²) in [6.45, 7) is 3.62. The maximum Gasteiger partial charge on any atom is 0.269 e. The Labute approximate surface area is 162 Å². The molecule has 0 saturated carbocycles. The van der Waals surface area contributed by atoms with Gasteiger partial charge in [-0.15, -0.1) is 0 Å². The largest absolute Gasteiger partial charge is 0.441 e. The highest BCUT2D eigenvalue weighted by Gasteiger charge is 2.22. The molecule has 0 spiro atoms. The van der Waals surface area contributed by atoms with Crippen molar-refractivity contribution >= 4 is 11.6 Å². The average Bonchev–Trinajstić information content (AvgIpc) is 3.07. The van der Waals surface area contributed by atoms with E-state index in [-0.39, 0.29) is 24.1 Å². The highest BCUT2D eigenvalue weighted by Crippen LogP contribution is 2.25. The van der Waals surface area contributed by atoms with E-state index in [4.69, 9.17) is 4.42 Å². The number of amides is 1. The van der Waals surface area contributed by atoms with E-state index >= 15 is 0 Å². The van der Waals surface area contributed by atoms with Crippen LogP contribution in [-0.4, -0.2) is 27.8 Å². The number of benzene rings is 2. The van der Waals surface area contributed by atoms with E-state index in [0.717, 1.165) is 5.56 Å². The van der Waals surface area contributed by atoms with Gasteiger partial charge in [0.15, 0.2) is 0 Å². The number of aromatic nitrogens is 1. The minimum atomic E-state index is -0.443. The molecule has 7 nitrogen and oxygen atoms in total. The summed E-state index contributed by atoms with van der Waals surface area (Å²) in [5.74, 6) is 0.939. The monoisotopic (exact) mass is 379 g/mol. The van der Waals surface area contributed by atoms with Crippen molar-refractivity contribution in [2.24, 2.45) is 0 Å². The summed E-state index contributed by atoms with van der Waals surface area (Å²) in [6, 6.07) is 15.5. The molecule has 0 fully saturated rings. The quantitative estimate of drug-likeness (QED) is 0.470. The van der Waals surface area contributed by atoms with Crippen LogP contribution in [0.15, 0.2) is 59.0 Å². The van der Waals surface area contributed by atoms with Gasteiger partial charge in [-0.3, -0.25) is 14.9 Å². The molecule has 2 aromatic carbocycles. The van der Waals surface area contributed by atoms with E-state index in [2.05, 4.69) is 4.98 Å². The van der Waals surface area contributed by atoms with Gasteiger partial charge >= 0.3 is 0 Å². The predicted molar refractivity (Wildman–Crippen MR) is 105 cm³/mol. The van der Waals surface area contributed by atoms with Crippen molar-refractivity contribution in [1.29, 1.82) is 0 Å². The number of nitro groups is 1. The second-order valence-corrected chi connectivity index (χ2v) is 6.60. The van der Waals surface area contributed by atoms with Crippen LogP contribution in [-0.2, 0) is 11.2 Å². The highest BCUT2D eigenvalue weighted by atomic mass is 16.6. The maximum atomic E-state index is 12.8. The number of rotatable bonds is 6. The fourth-order valence-electron chi connectivity index (χ4n) is 2.90. The summed E-state index contributed by atoms with van der Waals surface area (Å²) in [6.07, 6.45) is 0.0952. The molecule has 144 valence electrons. The average molecular weight is 379 g/mol. The van der Waals surface area contributed by atoms with Crippen molar-refractivity contribution in [2.75, 3.05) is 7.05 Å². The minimum Gasteiger partial charge on any atom is -0.441 e. The number of carbonyl (C=O) groups excluding carboxylic acids is 1. The van der Waals surface area contributed by atoms with E-state index in [1.54, 1.807) is 31.0 Å². The third kappa shape index (κ3) is 4.09. The third-order valence-corrected chi connectivity index (χ3v) is 4.77. The normalized spacial score (nSPS) is 11.8. The number of nitro benzene ring substituents is 1. The van der Waals surface area contributed by atoms with Gasteiger partial charge in [-0.1, -0.05) is 30.3 Å². The smallest absolute Gasteiger partial charge is 0.269 e. The zero-order valence-corrected chi connectivity index (χ0v) is 16.0. The molecule has 1 atom stereocenters. The van der Waals surface area contributed by atoms with Crippen molar-refractivity contribution in [3.63, 3.8) is 0 Å². The molecule has 1 aromatic heterocycles. The van der Waals surface area contributed by atoms with E-state index in [1.165, 1.54) is 12.1 Å². The fraction of sp³-hybridized carbons (Fsp3) is 0.238. The third-order valence-electron chi connectivity index (χ3n) is 4.77. The number of hydrogen-bond donors (Lipinski definition) is 0. The number of aryl methyl sites for hydroxylation is 1. The number of oxazole rings is 1. The molecule has 0 saturated heterocycles. The first-order valence-electron chi connectivity index (χ1n) is 8.88. The lowest BCUT2D eigenvalue weighted by Crippen LogP contribution is -2.31. The van der Waals surface area contributed by atoms with Crippen molar-refractivity contribution < 1.29 is 14.1 Å². The van der Waals surface area contributed by atoms with Gasteiger partial charge in [0.2, 0.25) is 11.8 Å². The van der Waals surface area contributed by atoms with Gasteiger partial charge < -0.3 is 9.32 Å². The summed E-state index contributed by atoms with van der Waals surface area (Å²) >= 11 is 0. The topological polar surface area (TPSA) is 89.5 Å². The van der Waals surface area contributed by atoms with Crippen LogP contribution in [0.4, 0.5) is 5.69 Å². The van der Waals surface area contributed by atoms with Crippen LogP contribution >= 0.6 is 0 Å². The fourth-order valence-corrected chi connectivity index (χ4v) is 2.90. The van der Waals surface area contributed by atoms with Crippen LogP contribution in [0.2, 0.25) is 0 Å². The van der Waals surface area contributed by atoms with E-state index in [0.29, 0.717) is 22.9 Å². The van der Waals surface area contributed by atoms with Gasteiger partial charge in [0, 0.05) is 24.7 Å². The Morgan fingerprint density at radius 2 is 1.93 bits per heavy atom. The molecule has 0 aliphatic heterocycles. The first-order valence-corrected chi connectivity index (χ1v) is 8.88. The highest BCUT2D eigenvalue weighted by molar-refractivity contribution is 5.79. The Morgan fingerprint density at radius 3 is 2.61 bits per heavy atom. The summed E-state index contributed by atoms with van der Waals surface area (Å²) in [5, 5.41) is 11.0. The number of non-ortho nitro benzene ring substituents is 1. The van der Waals surface area contributed by atoms with Gasteiger partial charge in [-0.25, -0.2) is 4.98 Å². The predicted octanol–water partition coefficient (Wildman–Crippen LogP) is 4.32. The number of hydrogen-bond acceptors (Lipinski definition) is 5. The molecule has 0 radical (unpaired) electrons. The number of likely N-dealkylation sites (N-methyl/N-ethyl adjacent to an activating group) is 1. The molecule has 1 unspecified atom stereocenters. The first kappa shape index (κ1) is 19.3. The number of nitrogens with zero attached hydrogens (tertiary/aromatic N) is 3. The molecular weight excluding hydrogens is 358 g/mol. The van der Waals surface area contributed by atoms with Gasteiger partial charge in [0.05, 0.1) is 23.1 Å². The SMILES string of the molecule is Cc1oc(-c2ccccc2)nc1CC(=O)N(C)C(C)c1cccc([N+](=O)[O-])c1. The lowest BCUT2D eigenvalue weighted by Gasteiger charge is -2.25. The molecule has 0 aliphatic carbocycles. The molecule has 28 heavy (non-hydrogen) atoms. The molecule has 3 rings (SSSR count). The molecule has 0 aliphatic rings. The van der Waals surface area contributed by atoms with E-state index < -0.39 is 4.92 Å². The zero-order chi connectivity index (χ0) is 20.3. The Hall–Kier alpha value is -3.48. The molecule has 7 heteroatoms. The van der Waals surface area contributed by atoms with Crippen LogP contribution in [0.3, 0.4) is 0 Å². The first-order chi connectivity index (χ1) is 13.4. The van der Waals surface area contributed by atoms with Gasteiger partial charge in [0.1, 0.15) is 5.76 Å². The van der Waals surface area contributed by atoms with Gasteiger partial charge in [-0.05, 0) is 31.5 Å². The van der Waals surface area contributed by atoms with Crippen molar-refractivity contribution in [3.8, 4) is 11.5 Å². The van der Waals surface area contributed by atoms with Crippen LogP contribution in [0.25, 0.3) is 11.5 Å². The maximum absolute atomic E-state index is 12.8. The molecule has 1 amide bonds. The Bertz CT molecular complexity index is 998. The van der Waals surface area contributed by atoms with Crippen LogP contribution in [0, 0.1) is 17.0 Å². The van der Waals surface area contributed by atoms with E-state index in [9.17, 15) is 14.9 Å². The van der Waals surface area contributed by atoms with Gasteiger partial charge in [0.25, 0.3) is 5.69 Å². The standard InChI is InChI=1S/C21H21N3O4/c1-14(17-10-7-11-18(12-17)24(26)27)23(3)20(25)13-19-15(2)28-21(22-19)16-8-5-4-6-9-16/h4-12,14H,13H2,1-3H3. The Balaban J connectivity index is 1.75. The number of carbonyl (C=O) groups is 1. The van der Waals surface area contributed by atoms with Gasteiger partial charge in [-0.2, -0.15) is 0 Å². The lowest BCUT2D eigenvalue weighted by molar-refractivity contribution is -0.384. The zero-order valence-electron chi connectivity index (χ0n) is 16.0. The Kier molecular flexibility index (Phi) is 5.54. The Morgan fingerprint density at radius 1 is 1.21 bits per heavy atom. The molecular formula is C21H21N3O4. The molecule has 1 heterocycles. The van der Waals surface area contributed by atoms with Crippen molar-refractivity contribution in [2.45, 2.75) is 26.3 Å². The van der Waals surface area contributed by atoms with E-state index in [1.807, 2.05) is 37.3 Å². The summed E-state index contributed by atoms with van der Waals surface area (Å²) in [4.78, 5) is 29.3. The summed E-state index contributed by atoms with van der Waals surface area (Å²) in [7, 11) is 1.68. The van der Waals surface area contributed by atoms with Crippen LogP contribution in [0.5, 0.6) is 0 Å². The molecule has 0 N–H and O–H groups in total. The second kappa shape index (κ2) is 8.04. The second-order valence-electron chi connectivity index (χ2n) is 6.60. The minimum absolute atomic E-state index is 0.00467. The summed E-state index contributed by atoms with van der Waals surface area (Å²) in [5.41, 5.74) is 2.14. The van der Waals surface area contributed by atoms with Crippen molar-refractivity contribution in [3.05, 3.63) is 81.7 Å². The van der Waals surface area contributed by atoms with Crippen LogP contribution < -0.4 is 0 Å². The van der Waals surface area contributed by atoms with Crippen LogP contribution in [0.1, 0.15) is 30.0 Å². The lowest BCUT2D eigenvalue weighted by atomic mass is 10.1. The molecule has 3 aromatic rings. The molecule has 0 bridgehead atoms. The summed E-state index contributed by atoms with van der Waals surface area (Å²) < 4.78 is 5.71.